The lowest BCUT2D eigenvalue weighted by Crippen LogP contribution is -2.17. The lowest BCUT2D eigenvalue weighted by atomic mass is 10.1. The summed E-state index contributed by atoms with van der Waals surface area (Å²) in [6, 6.07) is 7.94. The first-order chi connectivity index (χ1) is 11.8. The number of methoxy groups -OCH3 is 1. The monoisotopic (exact) mass is 324 g/mol. The van der Waals surface area contributed by atoms with E-state index in [1.54, 1.807) is 13.3 Å². The van der Waals surface area contributed by atoms with Crippen LogP contribution in [0.25, 0.3) is 5.82 Å². The fourth-order valence-electron chi connectivity index (χ4n) is 3.04. The van der Waals surface area contributed by atoms with E-state index in [2.05, 4.69) is 15.5 Å². The summed E-state index contributed by atoms with van der Waals surface area (Å²) < 4.78 is 8.94. The Morgan fingerprint density at radius 3 is 2.83 bits per heavy atom. The van der Waals surface area contributed by atoms with Crippen LogP contribution in [0.3, 0.4) is 0 Å². The number of nitrogens with two attached hydrogens (primary N) is 1. The smallest absolute Gasteiger partial charge is 0.177 e. The van der Waals surface area contributed by atoms with Crippen LogP contribution in [0.5, 0.6) is 5.75 Å². The molecule has 1 aliphatic heterocycles. The van der Waals surface area contributed by atoms with Crippen molar-refractivity contribution >= 4 is 11.5 Å². The standard InChI is InChI=1S/C17H20N6O/c1-24-14-6-4-12(5-7-14)11-22-17(15(18)10-20-22)23-16-13(9-21-23)3-2-8-19-16/h4-7,9-10,19H,2-3,8,11,18H2,1H3. The molecule has 4 rings (SSSR count). The zero-order chi connectivity index (χ0) is 16.5. The van der Waals surface area contributed by atoms with E-state index in [1.165, 1.54) is 5.56 Å². The highest BCUT2D eigenvalue weighted by atomic mass is 16.5. The number of nitrogens with one attached hydrogen (secondary N) is 1. The fraction of sp³-hybridized carbons (Fsp3) is 0.294. The average Bonchev–Trinajstić information content (AvgIpc) is 3.19. The molecule has 3 heterocycles. The first-order valence-corrected chi connectivity index (χ1v) is 8.01. The van der Waals surface area contributed by atoms with Crippen LogP contribution < -0.4 is 15.8 Å². The molecular formula is C17H20N6O. The van der Waals surface area contributed by atoms with E-state index < -0.39 is 0 Å². The molecule has 0 amide bonds. The number of benzene rings is 1. The third-order valence-corrected chi connectivity index (χ3v) is 4.29. The van der Waals surface area contributed by atoms with E-state index in [0.717, 1.165) is 42.3 Å². The van der Waals surface area contributed by atoms with E-state index in [0.29, 0.717) is 12.2 Å². The summed E-state index contributed by atoms with van der Waals surface area (Å²) in [6.45, 7) is 1.57. The number of nitrogens with zero attached hydrogens (tertiary/aromatic N) is 4. The molecule has 0 unspecified atom stereocenters. The first kappa shape index (κ1) is 14.6. The summed E-state index contributed by atoms with van der Waals surface area (Å²) in [5.74, 6) is 2.65. The molecular weight excluding hydrogens is 304 g/mol. The minimum Gasteiger partial charge on any atom is -0.497 e. The highest BCUT2D eigenvalue weighted by Gasteiger charge is 2.20. The number of ether oxygens (including phenoxy) is 1. The Morgan fingerprint density at radius 1 is 1.21 bits per heavy atom. The van der Waals surface area contributed by atoms with Crippen LogP contribution in [-0.2, 0) is 13.0 Å². The van der Waals surface area contributed by atoms with Crippen molar-refractivity contribution in [3.05, 3.63) is 47.8 Å². The van der Waals surface area contributed by atoms with Gasteiger partial charge < -0.3 is 15.8 Å². The predicted molar refractivity (Wildman–Crippen MR) is 92.7 cm³/mol. The fourth-order valence-corrected chi connectivity index (χ4v) is 3.04. The van der Waals surface area contributed by atoms with Crippen molar-refractivity contribution in [1.82, 2.24) is 19.6 Å². The molecule has 124 valence electrons. The summed E-state index contributed by atoms with van der Waals surface area (Å²) in [7, 11) is 1.66. The number of nitrogen functional groups attached to an aromatic ring is 1. The predicted octanol–water partition coefficient (Wildman–Crippen LogP) is 2.07. The number of hydrogen-bond acceptors (Lipinski definition) is 5. The zero-order valence-electron chi connectivity index (χ0n) is 13.6. The van der Waals surface area contributed by atoms with Crippen molar-refractivity contribution in [1.29, 1.82) is 0 Å². The van der Waals surface area contributed by atoms with Crippen LogP contribution in [0.4, 0.5) is 11.5 Å². The van der Waals surface area contributed by atoms with Crippen molar-refractivity contribution in [3.8, 4) is 11.6 Å². The van der Waals surface area contributed by atoms with Gasteiger partial charge in [-0.2, -0.15) is 14.9 Å². The van der Waals surface area contributed by atoms with Gasteiger partial charge in [-0.3, -0.25) is 0 Å². The molecule has 0 radical (unpaired) electrons. The molecule has 0 saturated heterocycles. The van der Waals surface area contributed by atoms with Gasteiger partial charge in [-0.1, -0.05) is 12.1 Å². The highest BCUT2D eigenvalue weighted by molar-refractivity contribution is 5.59. The van der Waals surface area contributed by atoms with E-state index >= 15 is 0 Å². The Balaban J connectivity index is 1.69. The van der Waals surface area contributed by atoms with Crippen LogP contribution in [0.15, 0.2) is 36.7 Å². The van der Waals surface area contributed by atoms with Crippen molar-refractivity contribution in [2.24, 2.45) is 0 Å². The van der Waals surface area contributed by atoms with Crippen molar-refractivity contribution < 1.29 is 4.74 Å². The van der Waals surface area contributed by atoms with E-state index in [1.807, 2.05) is 39.8 Å². The van der Waals surface area contributed by atoms with Gasteiger partial charge in [0.15, 0.2) is 5.82 Å². The van der Waals surface area contributed by atoms with Crippen LogP contribution in [-0.4, -0.2) is 33.2 Å². The van der Waals surface area contributed by atoms with Crippen LogP contribution in [0.1, 0.15) is 17.5 Å². The molecule has 3 N–H and O–H groups in total. The van der Waals surface area contributed by atoms with Crippen molar-refractivity contribution in [3.63, 3.8) is 0 Å². The summed E-state index contributed by atoms with van der Waals surface area (Å²) in [6.07, 6.45) is 5.75. The molecule has 0 fully saturated rings. The van der Waals surface area contributed by atoms with Crippen molar-refractivity contribution in [2.45, 2.75) is 19.4 Å². The largest absolute Gasteiger partial charge is 0.497 e. The minimum absolute atomic E-state index is 0.613. The quantitative estimate of drug-likeness (QED) is 0.767. The van der Waals surface area contributed by atoms with Gasteiger partial charge in [-0.05, 0) is 30.5 Å². The molecule has 0 bridgehead atoms. The van der Waals surface area contributed by atoms with E-state index in [4.69, 9.17) is 10.5 Å². The maximum atomic E-state index is 6.17. The third-order valence-electron chi connectivity index (χ3n) is 4.29. The molecule has 0 spiro atoms. The Kier molecular flexibility index (Phi) is 3.60. The average molecular weight is 324 g/mol. The number of anilines is 2. The summed E-state index contributed by atoms with van der Waals surface area (Å²) in [5, 5.41) is 12.4. The van der Waals surface area contributed by atoms with E-state index in [-0.39, 0.29) is 0 Å². The van der Waals surface area contributed by atoms with Gasteiger partial charge in [0.1, 0.15) is 11.6 Å². The third kappa shape index (κ3) is 2.47. The second kappa shape index (κ2) is 5.92. The molecule has 0 saturated carbocycles. The second-order valence-electron chi connectivity index (χ2n) is 5.89. The summed E-state index contributed by atoms with van der Waals surface area (Å²) in [5.41, 5.74) is 9.13. The molecule has 7 heteroatoms. The lowest BCUT2D eigenvalue weighted by Gasteiger charge is -2.17. The molecule has 3 aromatic rings. The highest BCUT2D eigenvalue weighted by Crippen LogP contribution is 2.27. The van der Waals surface area contributed by atoms with Crippen molar-refractivity contribution in [2.75, 3.05) is 24.7 Å². The molecule has 7 nitrogen and oxygen atoms in total. The SMILES string of the molecule is COc1ccc(Cn2ncc(N)c2-n2ncc3c2NCCC3)cc1. The number of rotatable bonds is 4. The number of fused-ring (bicyclic) bond motifs is 1. The van der Waals surface area contributed by atoms with Crippen LogP contribution >= 0.6 is 0 Å². The van der Waals surface area contributed by atoms with Gasteiger partial charge in [0.25, 0.3) is 0 Å². The number of aromatic nitrogens is 4. The molecule has 0 atom stereocenters. The van der Waals surface area contributed by atoms with E-state index in [9.17, 15) is 0 Å². The molecule has 1 aromatic carbocycles. The van der Waals surface area contributed by atoms with Crippen LogP contribution in [0.2, 0.25) is 0 Å². The Bertz CT molecular complexity index is 849. The second-order valence-corrected chi connectivity index (χ2v) is 5.89. The molecule has 2 aromatic heterocycles. The van der Waals surface area contributed by atoms with Gasteiger partial charge in [0, 0.05) is 12.1 Å². The zero-order valence-corrected chi connectivity index (χ0v) is 13.6. The molecule has 0 aliphatic carbocycles. The summed E-state index contributed by atoms with van der Waals surface area (Å²) >= 11 is 0. The van der Waals surface area contributed by atoms with Gasteiger partial charge in [-0.25, -0.2) is 4.68 Å². The maximum Gasteiger partial charge on any atom is 0.177 e. The van der Waals surface area contributed by atoms with Crippen LogP contribution in [0, 0.1) is 0 Å². The summed E-state index contributed by atoms with van der Waals surface area (Å²) in [4.78, 5) is 0. The number of hydrogen-bond donors (Lipinski definition) is 2. The Hall–Kier alpha value is -2.96. The minimum atomic E-state index is 0.613. The Morgan fingerprint density at radius 2 is 2.04 bits per heavy atom. The normalized spacial score (nSPS) is 13.4. The number of aryl methyl sites for hydroxylation is 1. The molecule has 24 heavy (non-hydrogen) atoms. The lowest BCUT2D eigenvalue weighted by molar-refractivity contribution is 0.414. The topological polar surface area (TPSA) is 82.9 Å². The maximum absolute atomic E-state index is 6.17. The van der Waals surface area contributed by atoms with Gasteiger partial charge in [0.05, 0.1) is 31.7 Å². The van der Waals surface area contributed by atoms with Gasteiger partial charge in [0.2, 0.25) is 0 Å². The van der Waals surface area contributed by atoms with Gasteiger partial charge in [-0.15, -0.1) is 0 Å². The van der Waals surface area contributed by atoms with Gasteiger partial charge >= 0.3 is 0 Å². The molecule has 1 aliphatic rings. The Labute approximate surface area is 140 Å². The first-order valence-electron chi connectivity index (χ1n) is 8.01.